The maximum Gasteiger partial charge on any atom is 0.436 e. The van der Waals surface area contributed by atoms with Crippen LogP contribution in [-0.2, 0) is 49.7 Å². The summed E-state index contributed by atoms with van der Waals surface area (Å²) in [6.45, 7) is 14.7. The van der Waals surface area contributed by atoms with E-state index in [0.29, 0.717) is 23.6 Å². The Morgan fingerprint density at radius 2 is 1.38 bits per heavy atom. The number of carboxylic acids is 1. The first-order valence-electron chi connectivity index (χ1n) is 18.1. The molecular formula is C40H50N6O10. The number of aromatic nitrogens is 2. The summed E-state index contributed by atoms with van der Waals surface area (Å²) in [4.78, 5) is 85.3. The average molecular weight is 775 g/mol. The number of aliphatic imine (C=N–C) groups is 1. The Kier molecular flexibility index (Phi) is 13.1. The predicted molar refractivity (Wildman–Crippen MR) is 204 cm³/mol. The molecule has 300 valence electrons. The molecule has 16 heteroatoms. The SMILES string of the molecule is CC(C)(C)OC(=O)/N=C(\c1ccc(C(=O)N[C@@H](Cc2ccccc2)C(=O)N2CCc3nn(CC(=O)O)cc3C2)cc1)N(C(=O)OC(C)(C)C)C(=O)OC(C)(C)C. The highest BCUT2D eigenvalue weighted by Gasteiger charge is 2.37. The van der Waals surface area contributed by atoms with Gasteiger partial charge in [0.25, 0.3) is 5.91 Å². The first-order valence-corrected chi connectivity index (χ1v) is 18.1. The number of amides is 5. The molecule has 0 bridgehead atoms. The Morgan fingerprint density at radius 1 is 0.821 bits per heavy atom. The zero-order valence-corrected chi connectivity index (χ0v) is 33.2. The van der Waals surface area contributed by atoms with Crippen LogP contribution in [0.3, 0.4) is 0 Å². The molecule has 0 unspecified atom stereocenters. The molecular weight excluding hydrogens is 724 g/mol. The number of fused-ring (bicyclic) bond motifs is 1. The molecule has 4 rings (SSSR count). The van der Waals surface area contributed by atoms with Crippen LogP contribution < -0.4 is 5.32 Å². The number of hydrogen-bond donors (Lipinski definition) is 2. The highest BCUT2D eigenvalue weighted by molar-refractivity contribution is 6.18. The number of rotatable bonds is 8. The van der Waals surface area contributed by atoms with E-state index in [1.54, 1.807) is 73.4 Å². The van der Waals surface area contributed by atoms with Gasteiger partial charge in [-0.2, -0.15) is 15.0 Å². The molecule has 16 nitrogen and oxygen atoms in total. The number of nitrogens with one attached hydrogen (secondary N) is 1. The molecule has 56 heavy (non-hydrogen) atoms. The summed E-state index contributed by atoms with van der Waals surface area (Å²) in [6.07, 6.45) is -1.24. The molecule has 5 amide bonds. The van der Waals surface area contributed by atoms with Crippen molar-refractivity contribution in [2.75, 3.05) is 6.54 Å². The Balaban J connectivity index is 1.66. The van der Waals surface area contributed by atoms with Crippen LogP contribution in [0, 0.1) is 0 Å². The van der Waals surface area contributed by atoms with Crippen molar-refractivity contribution in [3.63, 3.8) is 0 Å². The van der Waals surface area contributed by atoms with E-state index < -0.39 is 58.8 Å². The second-order valence-electron chi connectivity index (χ2n) is 16.2. The van der Waals surface area contributed by atoms with Gasteiger partial charge < -0.3 is 29.5 Å². The van der Waals surface area contributed by atoms with Crippen molar-refractivity contribution in [1.82, 2.24) is 24.9 Å². The lowest BCUT2D eigenvalue weighted by atomic mass is 10.0. The number of amidine groups is 1. The summed E-state index contributed by atoms with van der Waals surface area (Å²) in [6, 6.07) is 13.8. The van der Waals surface area contributed by atoms with Gasteiger partial charge in [-0.3, -0.25) is 19.1 Å². The number of nitrogens with zero attached hydrogens (tertiary/aromatic N) is 5. The average Bonchev–Trinajstić information content (AvgIpc) is 3.46. The Labute approximate surface area is 325 Å². The second kappa shape index (κ2) is 17.2. The van der Waals surface area contributed by atoms with Crippen LogP contribution in [0.4, 0.5) is 14.4 Å². The molecule has 1 aliphatic rings. The van der Waals surface area contributed by atoms with Crippen LogP contribution >= 0.6 is 0 Å². The normalized spacial score (nSPS) is 13.9. The summed E-state index contributed by atoms with van der Waals surface area (Å²) in [7, 11) is 0. The number of carbonyl (C=O) groups excluding carboxylic acids is 5. The summed E-state index contributed by atoms with van der Waals surface area (Å²) in [5.74, 6) is -2.44. The number of aliphatic carboxylic acids is 1. The van der Waals surface area contributed by atoms with Crippen LogP contribution in [0.25, 0.3) is 0 Å². The molecule has 2 heterocycles. The predicted octanol–water partition coefficient (Wildman–Crippen LogP) is 5.75. The zero-order chi connectivity index (χ0) is 41.6. The number of ether oxygens (including phenoxy) is 3. The lowest BCUT2D eigenvalue weighted by molar-refractivity contribution is -0.138. The summed E-state index contributed by atoms with van der Waals surface area (Å²) in [5, 5.41) is 16.4. The monoisotopic (exact) mass is 774 g/mol. The molecule has 0 radical (unpaired) electrons. The van der Waals surface area contributed by atoms with E-state index in [0.717, 1.165) is 11.1 Å². The first-order chi connectivity index (χ1) is 26.0. The minimum atomic E-state index is -1.17. The van der Waals surface area contributed by atoms with Gasteiger partial charge in [-0.1, -0.05) is 42.5 Å². The van der Waals surface area contributed by atoms with Crippen LogP contribution in [0.15, 0.2) is 65.8 Å². The molecule has 0 aliphatic carbocycles. The minimum Gasteiger partial charge on any atom is -0.480 e. The largest absolute Gasteiger partial charge is 0.480 e. The molecule has 0 saturated carbocycles. The van der Waals surface area contributed by atoms with Gasteiger partial charge in [-0.15, -0.1) is 0 Å². The summed E-state index contributed by atoms with van der Waals surface area (Å²) in [5.41, 5.74) is -0.649. The minimum absolute atomic E-state index is 0.0635. The van der Waals surface area contributed by atoms with E-state index >= 15 is 0 Å². The van der Waals surface area contributed by atoms with E-state index in [1.807, 2.05) is 30.3 Å². The number of benzene rings is 2. The standard InChI is InChI=1S/C40H50N6O10/c1-38(2,3)54-35(51)42-32(46(36(52)55-39(4,5)6)37(53)56-40(7,8)9)26-15-17-27(18-16-26)33(49)41-30(21-25-13-11-10-12-14-25)34(50)44-20-19-29-28(22-44)23-45(43-29)24-31(47)48/h10-18,23,30H,19-22,24H2,1-9H3,(H,41,49)(H,47,48)/b42-32+/t30-/m0/s1. The van der Waals surface area contributed by atoms with Gasteiger partial charge in [-0.25, -0.2) is 14.4 Å². The molecule has 3 aromatic rings. The summed E-state index contributed by atoms with van der Waals surface area (Å²) < 4.78 is 17.7. The van der Waals surface area contributed by atoms with E-state index in [4.69, 9.17) is 14.2 Å². The number of carbonyl (C=O) groups is 6. The maximum absolute atomic E-state index is 14.0. The van der Waals surface area contributed by atoms with Gasteiger partial charge in [0.15, 0.2) is 5.84 Å². The fourth-order valence-corrected chi connectivity index (χ4v) is 5.54. The van der Waals surface area contributed by atoms with Crippen molar-refractivity contribution in [3.05, 3.63) is 88.7 Å². The lowest BCUT2D eigenvalue weighted by Gasteiger charge is -2.30. The molecule has 0 saturated heterocycles. The van der Waals surface area contributed by atoms with Crippen molar-refractivity contribution in [1.29, 1.82) is 0 Å². The Bertz CT molecular complexity index is 1940. The quantitative estimate of drug-likeness (QED) is 0.161. The van der Waals surface area contributed by atoms with Gasteiger partial charge >= 0.3 is 24.2 Å². The van der Waals surface area contributed by atoms with E-state index in [9.17, 15) is 33.9 Å². The number of imide groups is 1. The van der Waals surface area contributed by atoms with Crippen molar-refractivity contribution >= 4 is 41.9 Å². The van der Waals surface area contributed by atoms with Crippen LogP contribution in [0.5, 0.6) is 0 Å². The van der Waals surface area contributed by atoms with Crippen LogP contribution in [0.2, 0.25) is 0 Å². The third kappa shape index (κ3) is 12.5. The highest BCUT2D eigenvalue weighted by atomic mass is 16.6. The topological polar surface area (TPSA) is 199 Å². The van der Waals surface area contributed by atoms with E-state index in [2.05, 4.69) is 15.4 Å². The fraction of sp³-hybridized carbons (Fsp3) is 0.450. The third-order valence-corrected chi connectivity index (χ3v) is 7.76. The van der Waals surface area contributed by atoms with Gasteiger partial charge in [0.2, 0.25) is 5.91 Å². The van der Waals surface area contributed by atoms with Crippen molar-refractivity contribution < 1.29 is 48.1 Å². The Morgan fingerprint density at radius 3 is 1.91 bits per heavy atom. The number of hydrogen-bond acceptors (Lipinski definition) is 10. The van der Waals surface area contributed by atoms with E-state index in [-0.39, 0.29) is 36.5 Å². The molecule has 0 fully saturated rings. The maximum atomic E-state index is 14.0. The molecule has 1 aliphatic heterocycles. The summed E-state index contributed by atoms with van der Waals surface area (Å²) >= 11 is 0. The molecule has 1 aromatic heterocycles. The van der Waals surface area contributed by atoms with Crippen molar-refractivity contribution in [2.24, 2.45) is 4.99 Å². The van der Waals surface area contributed by atoms with E-state index in [1.165, 1.54) is 28.9 Å². The molecule has 1 atom stereocenters. The fourth-order valence-electron chi connectivity index (χ4n) is 5.54. The van der Waals surface area contributed by atoms with Crippen molar-refractivity contribution in [3.8, 4) is 0 Å². The third-order valence-electron chi connectivity index (χ3n) is 7.76. The molecule has 2 aromatic carbocycles. The zero-order valence-electron chi connectivity index (χ0n) is 33.2. The van der Waals surface area contributed by atoms with Gasteiger partial charge in [0.05, 0.1) is 5.69 Å². The second-order valence-corrected chi connectivity index (χ2v) is 16.2. The Hall–Kier alpha value is -6.06. The van der Waals surface area contributed by atoms with Crippen LogP contribution in [0.1, 0.15) is 95.1 Å². The van der Waals surface area contributed by atoms with Crippen molar-refractivity contribution in [2.45, 2.75) is 111 Å². The highest BCUT2D eigenvalue weighted by Crippen LogP contribution is 2.22. The van der Waals surface area contributed by atoms with Gasteiger partial charge in [0.1, 0.15) is 29.4 Å². The van der Waals surface area contributed by atoms with Crippen LogP contribution in [-0.4, -0.2) is 96.0 Å². The van der Waals surface area contributed by atoms with Gasteiger partial charge in [0, 0.05) is 48.8 Å². The lowest BCUT2D eigenvalue weighted by Crippen LogP contribution is -2.50. The molecule has 2 N–H and O–H groups in total. The molecule has 0 spiro atoms. The first kappa shape index (κ1) is 42.7. The smallest absolute Gasteiger partial charge is 0.436 e. The van der Waals surface area contributed by atoms with Gasteiger partial charge in [-0.05, 0) is 80.0 Å². The number of carboxylic acid groups (broad SMARTS) is 1.